The molecule has 10 heteroatoms. The van der Waals surface area contributed by atoms with Gasteiger partial charge in [-0.3, -0.25) is 25.0 Å². The first-order valence-corrected chi connectivity index (χ1v) is 7.90. The normalized spacial score (nSPS) is 10.3. The van der Waals surface area contributed by atoms with Crippen molar-refractivity contribution in [3.8, 4) is 0 Å². The number of H-pyrrole nitrogens is 1. The van der Waals surface area contributed by atoms with Crippen molar-refractivity contribution in [2.75, 3.05) is 0 Å². The molecular formula is C18H12N4O6. The number of fused-ring (bicyclic) bond motifs is 2. The minimum Gasteiger partial charge on any atom is -0.618 e. The summed E-state index contributed by atoms with van der Waals surface area (Å²) in [6.45, 7) is 0. The quantitative estimate of drug-likeness (QED) is 0.245. The molecule has 0 aliphatic carbocycles. The van der Waals surface area contributed by atoms with Crippen LogP contribution in [0, 0.1) is 25.4 Å². The van der Waals surface area contributed by atoms with E-state index in [-0.39, 0.29) is 16.9 Å². The molecule has 4 aromatic rings. The van der Waals surface area contributed by atoms with Gasteiger partial charge in [-0.05, 0) is 24.3 Å². The van der Waals surface area contributed by atoms with Gasteiger partial charge in [0.1, 0.15) is 5.39 Å². The molecule has 0 atom stereocenters. The van der Waals surface area contributed by atoms with Gasteiger partial charge in [-0.25, -0.2) is 0 Å². The average molecular weight is 380 g/mol. The first kappa shape index (κ1) is 18.5. The molecule has 2 aromatic heterocycles. The summed E-state index contributed by atoms with van der Waals surface area (Å²) in [5.74, 6) is 0. The van der Waals surface area contributed by atoms with E-state index in [1.165, 1.54) is 48.7 Å². The van der Waals surface area contributed by atoms with Gasteiger partial charge in [0.15, 0.2) is 6.20 Å². The van der Waals surface area contributed by atoms with Crippen LogP contribution in [0.2, 0.25) is 0 Å². The minimum absolute atomic E-state index is 0.00116. The van der Waals surface area contributed by atoms with Crippen molar-refractivity contribution in [2.24, 2.45) is 0 Å². The first-order valence-electron chi connectivity index (χ1n) is 7.90. The smallest absolute Gasteiger partial charge is 0.283 e. The molecule has 0 radical (unpaired) electrons. The molecule has 2 aromatic carbocycles. The third kappa shape index (κ3) is 3.60. The summed E-state index contributed by atoms with van der Waals surface area (Å²) >= 11 is 0. The molecule has 0 saturated carbocycles. The van der Waals surface area contributed by atoms with E-state index >= 15 is 0 Å². The lowest BCUT2D eigenvalue weighted by atomic mass is 10.2. The van der Waals surface area contributed by atoms with Gasteiger partial charge in [0, 0.05) is 30.3 Å². The fraction of sp³-hybridized carbons (Fsp3) is 0. The number of benzene rings is 2. The summed E-state index contributed by atoms with van der Waals surface area (Å²) < 4.78 is 0.613. The van der Waals surface area contributed by atoms with E-state index in [1.807, 2.05) is 0 Å². The van der Waals surface area contributed by atoms with E-state index in [1.54, 1.807) is 18.2 Å². The highest BCUT2D eigenvalue weighted by atomic mass is 16.6. The van der Waals surface area contributed by atoms with Gasteiger partial charge in [0.05, 0.1) is 20.7 Å². The molecule has 1 N–H and O–H groups in total. The molecule has 0 bridgehead atoms. The zero-order chi connectivity index (χ0) is 20.3. The van der Waals surface area contributed by atoms with Crippen molar-refractivity contribution in [2.45, 2.75) is 0 Å². The Hall–Kier alpha value is -4.34. The Morgan fingerprint density at radius 2 is 1.43 bits per heavy atom. The maximum absolute atomic E-state index is 11.2. The largest absolute Gasteiger partial charge is 0.618 e. The SMILES string of the molecule is O=[N+]([O-])c1cccc2c1ccc[n+]2[O-].O=c1ccc2c([N+](=O)[O-])cccc2[nH]1. The molecule has 10 nitrogen and oxygen atoms in total. The lowest BCUT2D eigenvalue weighted by Crippen LogP contribution is -2.25. The Kier molecular flexibility index (Phi) is 4.94. The number of nitro groups is 2. The predicted octanol–water partition coefficient (Wildman–Crippen LogP) is 2.82. The Bertz CT molecular complexity index is 1270. The highest BCUT2D eigenvalue weighted by Gasteiger charge is 2.15. The number of hydrogen-bond donors (Lipinski definition) is 1. The maximum Gasteiger partial charge on any atom is 0.283 e. The van der Waals surface area contributed by atoms with Crippen LogP contribution in [0.15, 0.2) is 71.7 Å². The molecule has 0 aliphatic heterocycles. The van der Waals surface area contributed by atoms with E-state index < -0.39 is 9.85 Å². The van der Waals surface area contributed by atoms with E-state index in [9.17, 15) is 30.2 Å². The second kappa shape index (κ2) is 7.50. The monoisotopic (exact) mass is 380 g/mol. The molecule has 0 fully saturated rings. The third-order valence-corrected chi connectivity index (χ3v) is 3.92. The number of pyridine rings is 2. The van der Waals surface area contributed by atoms with Crippen molar-refractivity contribution >= 4 is 33.2 Å². The number of aromatic nitrogens is 2. The molecule has 0 unspecified atom stereocenters. The number of nitrogens with one attached hydrogen (secondary N) is 1. The lowest BCUT2D eigenvalue weighted by Gasteiger charge is -2.00. The minimum atomic E-state index is -0.498. The highest BCUT2D eigenvalue weighted by molar-refractivity contribution is 5.87. The molecule has 0 amide bonds. The molecule has 0 aliphatic rings. The molecule has 4 rings (SSSR count). The molecule has 140 valence electrons. The average Bonchev–Trinajstić information content (AvgIpc) is 2.67. The standard InChI is InChI=1S/2C9H6N2O3/c12-10-6-2-3-7-8(10)4-1-5-9(7)11(13)14;12-9-5-4-6-7(10-9)2-1-3-8(6)11(13)14/h1-6H;1-5H,(H,10,12). The van der Waals surface area contributed by atoms with Gasteiger partial charge in [-0.15, -0.1) is 0 Å². The lowest BCUT2D eigenvalue weighted by molar-refractivity contribution is -0.577. The topological polar surface area (TPSA) is 146 Å². The van der Waals surface area contributed by atoms with Crippen LogP contribution >= 0.6 is 0 Å². The zero-order valence-corrected chi connectivity index (χ0v) is 14.1. The second-order valence-electron chi connectivity index (χ2n) is 5.62. The van der Waals surface area contributed by atoms with E-state index in [4.69, 9.17) is 0 Å². The van der Waals surface area contributed by atoms with Crippen LogP contribution in [0.5, 0.6) is 0 Å². The first-order chi connectivity index (χ1) is 13.4. The van der Waals surface area contributed by atoms with Crippen molar-refractivity contribution < 1.29 is 14.6 Å². The third-order valence-electron chi connectivity index (χ3n) is 3.92. The van der Waals surface area contributed by atoms with Crippen molar-refractivity contribution in [1.82, 2.24) is 4.98 Å². The van der Waals surface area contributed by atoms with Crippen molar-refractivity contribution in [1.29, 1.82) is 0 Å². The maximum atomic E-state index is 11.2. The van der Waals surface area contributed by atoms with E-state index in [0.717, 1.165) is 0 Å². The summed E-state index contributed by atoms with van der Waals surface area (Å²) in [7, 11) is 0. The fourth-order valence-electron chi connectivity index (χ4n) is 2.69. The summed E-state index contributed by atoms with van der Waals surface area (Å²) in [5, 5.41) is 33.3. The van der Waals surface area contributed by atoms with Gasteiger partial charge in [-0.1, -0.05) is 6.07 Å². The number of rotatable bonds is 2. The van der Waals surface area contributed by atoms with Crippen molar-refractivity contribution in [3.05, 3.63) is 103 Å². The Balaban J connectivity index is 0.000000161. The summed E-state index contributed by atoms with van der Waals surface area (Å²) in [6, 6.07) is 14.8. The predicted molar refractivity (Wildman–Crippen MR) is 101 cm³/mol. The van der Waals surface area contributed by atoms with Crippen LogP contribution in [0.1, 0.15) is 0 Å². The zero-order valence-electron chi connectivity index (χ0n) is 14.1. The Morgan fingerprint density at radius 1 is 0.786 bits per heavy atom. The number of nitrogens with zero attached hydrogens (tertiary/aromatic N) is 3. The molecule has 0 saturated heterocycles. The summed E-state index contributed by atoms with van der Waals surface area (Å²) in [6.07, 6.45) is 1.31. The number of non-ortho nitro benzene ring substituents is 2. The highest BCUT2D eigenvalue weighted by Crippen LogP contribution is 2.23. The Morgan fingerprint density at radius 3 is 2.11 bits per heavy atom. The Labute approximate surface area is 156 Å². The van der Waals surface area contributed by atoms with Crippen LogP contribution in [-0.4, -0.2) is 14.8 Å². The van der Waals surface area contributed by atoms with Gasteiger partial charge in [-0.2, -0.15) is 4.73 Å². The van der Waals surface area contributed by atoms with Gasteiger partial charge in [0.2, 0.25) is 11.1 Å². The summed E-state index contributed by atoms with van der Waals surface area (Å²) in [5.41, 5.74) is 0.470. The van der Waals surface area contributed by atoms with E-state index in [0.29, 0.717) is 26.5 Å². The van der Waals surface area contributed by atoms with Gasteiger partial charge in [0.25, 0.3) is 11.4 Å². The van der Waals surface area contributed by atoms with Crippen LogP contribution in [-0.2, 0) is 0 Å². The van der Waals surface area contributed by atoms with Crippen LogP contribution < -0.4 is 10.3 Å². The van der Waals surface area contributed by atoms with Gasteiger partial charge >= 0.3 is 0 Å². The molecule has 0 spiro atoms. The number of nitro benzene ring substituents is 2. The molecular weight excluding hydrogens is 368 g/mol. The molecule has 2 heterocycles. The van der Waals surface area contributed by atoms with Crippen LogP contribution in [0.4, 0.5) is 11.4 Å². The molecule has 28 heavy (non-hydrogen) atoms. The van der Waals surface area contributed by atoms with Crippen molar-refractivity contribution in [3.63, 3.8) is 0 Å². The van der Waals surface area contributed by atoms with E-state index in [2.05, 4.69) is 4.98 Å². The fourth-order valence-corrected chi connectivity index (χ4v) is 2.69. The van der Waals surface area contributed by atoms with Crippen LogP contribution in [0.25, 0.3) is 21.8 Å². The van der Waals surface area contributed by atoms with Gasteiger partial charge < -0.3 is 10.2 Å². The van der Waals surface area contributed by atoms with Crippen LogP contribution in [0.3, 0.4) is 0 Å². The number of hydrogen-bond acceptors (Lipinski definition) is 6. The number of aromatic amines is 1. The summed E-state index contributed by atoms with van der Waals surface area (Å²) in [4.78, 5) is 33.7. The second-order valence-corrected chi connectivity index (χ2v) is 5.62.